The molecule has 0 saturated heterocycles. The van der Waals surface area contributed by atoms with Crippen LogP contribution in [-0.4, -0.2) is 10.8 Å². The molecule has 80 valence electrons. The predicted molar refractivity (Wildman–Crippen MR) is 69.0 cm³/mol. The normalized spacial score (nSPS) is 10.8. The zero-order chi connectivity index (χ0) is 11.4. The quantitative estimate of drug-likeness (QED) is 0.495. The molecule has 3 nitrogen and oxygen atoms in total. The molecule has 0 fully saturated rings. The van der Waals surface area contributed by atoms with Crippen LogP contribution in [0.5, 0.6) is 0 Å². The van der Waals surface area contributed by atoms with Crippen molar-refractivity contribution in [1.29, 1.82) is 0 Å². The molecular weight excluding hydrogens is 317 g/mol. The third-order valence-electron chi connectivity index (χ3n) is 1.96. The van der Waals surface area contributed by atoms with Crippen molar-refractivity contribution in [2.75, 3.05) is 0 Å². The van der Waals surface area contributed by atoms with Crippen molar-refractivity contribution in [2.24, 2.45) is 0 Å². The van der Waals surface area contributed by atoms with Crippen LogP contribution in [0.15, 0.2) is 47.2 Å². The van der Waals surface area contributed by atoms with Gasteiger partial charge >= 0.3 is 0 Å². The van der Waals surface area contributed by atoms with Gasteiger partial charge in [-0.2, -0.15) is 0 Å². The van der Waals surface area contributed by atoms with Gasteiger partial charge in [0.05, 0.1) is 0 Å². The number of carbonyl (C=O) groups is 1. The summed E-state index contributed by atoms with van der Waals surface area (Å²) < 4.78 is 6.10. The second-order valence-corrected chi connectivity index (χ2v) is 4.14. The molecule has 0 unspecified atom stereocenters. The summed E-state index contributed by atoms with van der Waals surface area (Å²) in [5, 5.41) is 0. The van der Waals surface area contributed by atoms with Gasteiger partial charge in [-0.25, -0.2) is 0 Å². The molecule has 0 saturated carbocycles. The topological polar surface area (TPSA) is 43.1 Å². The van der Waals surface area contributed by atoms with Gasteiger partial charge in [0, 0.05) is 18.0 Å². The van der Waals surface area contributed by atoms with Crippen molar-refractivity contribution in [3.8, 4) is 0 Å². The number of pyridine rings is 1. The number of aromatic nitrogens is 1. The summed E-state index contributed by atoms with van der Waals surface area (Å²) >= 11 is 2.08. The number of halogens is 1. The number of carbonyl (C=O) groups excluding carboxylic acids is 1. The van der Waals surface area contributed by atoms with E-state index in [1.54, 1.807) is 30.6 Å². The molecule has 0 N–H and O–H groups in total. The van der Waals surface area contributed by atoms with Crippen molar-refractivity contribution in [2.45, 2.75) is 0 Å². The Morgan fingerprint density at radius 2 is 2.00 bits per heavy atom. The van der Waals surface area contributed by atoms with Gasteiger partial charge in [-0.05, 0) is 59.0 Å². The minimum Gasteiger partial charge on any atom is -0.451 e. The largest absolute Gasteiger partial charge is 0.451 e. The second kappa shape index (κ2) is 5.07. The number of furan rings is 1. The Bertz CT molecular complexity index is 517. The molecular formula is C12H8INO2. The Morgan fingerprint density at radius 3 is 2.62 bits per heavy atom. The molecule has 0 aliphatic carbocycles. The van der Waals surface area contributed by atoms with E-state index >= 15 is 0 Å². The Morgan fingerprint density at radius 1 is 1.25 bits per heavy atom. The number of hydrogen-bond donors (Lipinski definition) is 0. The van der Waals surface area contributed by atoms with E-state index in [1.807, 2.05) is 12.1 Å². The van der Waals surface area contributed by atoms with E-state index in [9.17, 15) is 4.79 Å². The standard InChI is InChI=1S/C12H8INO2/c13-12-4-2-10(16-12)1-3-11(15)9-5-7-14-8-6-9/h1-8H. The van der Waals surface area contributed by atoms with Crippen molar-refractivity contribution in [1.82, 2.24) is 4.98 Å². The minimum absolute atomic E-state index is 0.0613. The lowest BCUT2D eigenvalue weighted by molar-refractivity contribution is 0.104. The van der Waals surface area contributed by atoms with Crippen molar-refractivity contribution in [3.63, 3.8) is 0 Å². The molecule has 0 bridgehead atoms. The maximum Gasteiger partial charge on any atom is 0.186 e. The lowest BCUT2D eigenvalue weighted by Gasteiger charge is -1.92. The highest BCUT2D eigenvalue weighted by Crippen LogP contribution is 2.12. The first-order valence-corrected chi connectivity index (χ1v) is 5.71. The molecule has 0 radical (unpaired) electrons. The third kappa shape index (κ3) is 2.79. The van der Waals surface area contributed by atoms with Crippen molar-refractivity contribution >= 4 is 34.5 Å². The van der Waals surface area contributed by atoms with E-state index in [1.165, 1.54) is 6.08 Å². The minimum atomic E-state index is -0.0613. The van der Waals surface area contributed by atoms with Crippen LogP contribution in [0.3, 0.4) is 0 Å². The molecule has 2 aromatic rings. The smallest absolute Gasteiger partial charge is 0.186 e. The molecule has 0 spiro atoms. The molecule has 0 amide bonds. The second-order valence-electron chi connectivity index (χ2n) is 3.08. The first-order chi connectivity index (χ1) is 7.75. The average Bonchev–Trinajstić information content (AvgIpc) is 2.73. The first-order valence-electron chi connectivity index (χ1n) is 4.63. The Labute approximate surface area is 106 Å². The fourth-order valence-electron chi connectivity index (χ4n) is 1.19. The average molecular weight is 325 g/mol. The van der Waals surface area contributed by atoms with Gasteiger partial charge in [0.1, 0.15) is 5.76 Å². The van der Waals surface area contributed by atoms with E-state index in [0.29, 0.717) is 11.3 Å². The molecule has 0 atom stereocenters. The fraction of sp³-hybridized carbons (Fsp3) is 0. The summed E-state index contributed by atoms with van der Waals surface area (Å²) in [5.74, 6) is 0.612. The molecule has 4 heteroatoms. The SMILES string of the molecule is O=C(C=Cc1ccc(I)o1)c1ccncc1. The van der Waals surface area contributed by atoms with E-state index in [-0.39, 0.29) is 5.78 Å². The lowest BCUT2D eigenvalue weighted by atomic mass is 10.1. The Balaban J connectivity index is 2.11. The number of rotatable bonds is 3. The third-order valence-corrected chi connectivity index (χ3v) is 2.54. The van der Waals surface area contributed by atoms with Crippen molar-refractivity contribution in [3.05, 3.63) is 57.8 Å². The van der Waals surface area contributed by atoms with E-state index < -0.39 is 0 Å². The number of nitrogens with zero attached hydrogens (tertiary/aromatic N) is 1. The van der Waals surface area contributed by atoms with Gasteiger partial charge < -0.3 is 4.42 Å². The van der Waals surface area contributed by atoms with Crippen LogP contribution in [0.25, 0.3) is 6.08 Å². The predicted octanol–water partition coefficient (Wildman–Crippen LogP) is 3.18. The van der Waals surface area contributed by atoms with Gasteiger partial charge in [0.15, 0.2) is 9.55 Å². The lowest BCUT2D eigenvalue weighted by Crippen LogP contribution is -1.93. The van der Waals surface area contributed by atoms with E-state index in [4.69, 9.17) is 4.42 Å². The molecule has 0 aromatic carbocycles. The van der Waals surface area contributed by atoms with Crippen LogP contribution >= 0.6 is 22.6 Å². The number of ketones is 1. The highest BCUT2D eigenvalue weighted by molar-refractivity contribution is 14.1. The fourth-order valence-corrected chi connectivity index (χ4v) is 1.62. The molecule has 2 aromatic heterocycles. The summed E-state index contributed by atoms with van der Waals surface area (Å²) in [6.07, 6.45) is 6.34. The van der Waals surface area contributed by atoms with Gasteiger partial charge in [0.25, 0.3) is 0 Å². The van der Waals surface area contributed by atoms with E-state index in [0.717, 1.165) is 3.77 Å². The van der Waals surface area contributed by atoms with E-state index in [2.05, 4.69) is 27.6 Å². The van der Waals surface area contributed by atoms with Crippen LogP contribution in [0.2, 0.25) is 0 Å². The Kier molecular flexibility index (Phi) is 3.51. The van der Waals surface area contributed by atoms with Gasteiger partial charge in [0.2, 0.25) is 0 Å². The zero-order valence-electron chi connectivity index (χ0n) is 8.26. The molecule has 2 heterocycles. The maximum atomic E-state index is 11.7. The molecule has 0 aliphatic heterocycles. The summed E-state index contributed by atoms with van der Waals surface area (Å²) in [7, 11) is 0. The molecule has 16 heavy (non-hydrogen) atoms. The maximum absolute atomic E-state index is 11.7. The Hall–Kier alpha value is -1.43. The monoisotopic (exact) mass is 325 g/mol. The highest BCUT2D eigenvalue weighted by atomic mass is 127. The summed E-state index contributed by atoms with van der Waals surface area (Å²) in [5.41, 5.74) is 0.618. The zero-order valence-corrected chi connectivity index (χ0v) is 10.4. The number of hydrogen-bond acceptors (Lipinski definition) is 3. The van der Waals surface area contributed by atoms with Gasteiger partial charge in [-0.3, -0.25) is 9.78 Å². The molecule has 2 rings (SSSR count). The van der Waals surface area contributed by atoms with Crippen LogP contribution in [0.4, 0.5) is 0 Å². The van der Waals surface area contributed by atoms with Crippen LogP contribution in [0.1, 0.15) is 16.1 Å². The van der Waals surface area contributed by atoms with Crippen LogP contribution in [-0.2, 0) is 0 Å². The van der Waals surface area contributed by atoms with Crippen LogP contribution < -0.4 is 0 Å². The summed E-state index contributed by atoms with van der Waals surface area (Å²) in [4.78, 5) is 15.5. The number of allylic oxidation sites excluding steroid dienone is 1. The summed E-state index contributed by atoms with van der Waals surface area (Å²) in [6.45, 7) is 0. The van der Waals surface area contributed by atoms with Crippen molar-refractivity contribution < 1.29 is 9.21 Å². The van der Waals surface area contributed by atoms with Gasteiger partial charge in [-0.1, -0.05) is 0 Å². The molecule has 0 aliphatic rings. The van der Waals surface area contributed by atoms with Gasteiger partial charge in [-0.15, -0.1) is 0 Å². The van der Waals surface area contributed by atoms with Crippen LogP contribution in [0, 0.1) is 3.77 Å². The summed E-state index contributed by atoms with van der Waals surface area (Å²) in [6, 6.07) is 7.02. The highest BCUT2D eigenvalue weighted by Gasteiger charge is 2.00. The first kappa shape index (κ1) is 11.1.